The average Bonchev–Trinajstić information content (AvgIpc) is 2.65. The molecular weight excluding hydrogens is 408 g/mol. The number of piperidine rings is 1. The summed E-state index contributed by atoms with van der Waals surface area (Å²) in [5, 5.41) is 13.7. The fourth-order valence-corrected chi connectivity index (χ4v) is 3.75. The van der Waals surface area contributed by atoms with Gasteiger partial charge in [-0.3, -0.25) is 9.89 Å². The van der Waals surface area contributed by atoms with Crippen LogP contribution in [0.25, 0.3) is 0 Å². The third kappa shape index (κ3) is 7.41. The molecule has 152 valence electrons. The highest BCUT2D eigenvalue weighted by Gasteiger charge is 2.29. The molecule has 3 rings (SSSR count). The van der Waals surface area contributed by atoms with Crippen LogP contribution >= 0.6 is 17.0 Å². The Balaban J connectivity index is 0.00000261. The standard InChI is InChI=1S/C20H32N4O2.BrH/c21-19(22-11-10-20(25)9-4-14-26-16-20)23-18-7-12-24(13-8-18)15-17-5-2-1-3-6-17;/h1-3,5-6,18,25H,4,7-16H2,(H3,21,22,23);1H. The van der Waals surface area contributed by atoms with Gasteiger partial charge in [-0.15, -0.1) is 17.0 Å². The third-order valence-corrected chi connectivity index (χ3v) is 5.35. The molecule has 0 spiro atoms. The fraction of sp³-hybridized carbons (Fsp3) is 0.650. The van der Waals surface area contributed by atoms with Crippen LogP contribution in [0.1, 0.15) is 37.7 Å². The number of nitrogens with two attached hydrogens (primary N) is 1. The Hall–Kier alpha value is -1.15. The van der Waals surface area contributed by atoms with Gasteiger partial charge in [0, 0.05) is 38.8 Å². The van der Waals surface area contributed by atoms with Gasteiger partial charge in [0.05, 0.1) is 12.2 Å². The minimum Gasteiger partial charge on any atom is -0.387 e. The molecule has 6 nitrogen and oxygen atoms in total. The van der Waals surface area contributed by atoms with Crippen LogP contribution in [-0.2, 0) is 11.3 Å². The number of aliphatic imine (C=N–C) groups is 1. The van der Waals surface area contributed by atoms with E-state index in [9.17, 15) is 5.11 Å². The van der Waals surface area contributed by atoms with Crippen molar-refractivity contribution >= 4 is 22.9 Å². The fourth-order valence-electron chi connectivity index (χ4n) is 3.75. The predicted octanol–water partition coefficient (Wildman–Crippen LogP) is 2.06. The molecule has 1 unspecified atom stereocenters. The minimum absolute atomic E-state index is 0. The van der Waals surface area contributed by atoms with Crippen molar-refractivity contribution in [1.82, 2.24) is 10.2 Å². The molecule has 1 aromatic carbocycles. The number of ether oxygens (including phenoxy) is 1. The highest BCUT2D eigenvalue weighted by atomic mass is 79.9. The molecule has 2 fully saturated rings. The lowest BCUT2D eigenvalue weighted by molar-refractivity contribution is -0.0880. The number of aliphatic hydroxyl groups is 1. The average molecular weight is 441 g/mol. The maximum atomic E-state index is 10.4. The first kappa shape index (κ1) is 22.1. The minimum atomic E-state index is -0.731. The second kappa shape index (κ2) is 11.0. The van der Waals surface area contributed by atoms with Crippen molar-refractivity contribution < 1.29 is 9.84 Å². The lowest BCUT2D eigenvalue weighted by atomic mass is 9.93. The smallest absolute Gasteiger partial charge is 0.188 e. The zero-order valence-electron chi connectivity index (χ0n) is 16.0. The molecule has 1 atom stereocenters. The SMILES string of the molecule is Br.NC(=NCCC1(O)CCCOC1)NC1CCN(Cc2ccccc2)CC1. The first-order chi connectivity index (χ1) is 12.6. The van der Waals surface area contributed by atoms with E-state index in [4.69, 9.17) is 10.5 Å². The van der Waals surface area contributed by atoms with Crippen LogP contribution in [0.15, 0.2) is 35.3 Å². The first-order valence-electron chi connectivity index (χ1n) is 9.76. The number of hydrogen-bond acceptors (Lipinski definition) is 4. The van der Waals surface area contributed by atoms with Crippen molar-refractivity contribution in [3.63, 3.8) is 0 Å². The summed E-state index contributed by atoms with van der Waals surface area (Å²) in [6, 6.07) is 11.0. The summed E-state index contributed by atoms with van der Waals surface area (Å²) in [4.78, 5) is 6.88. The van der Waals surface area contributed by atoms with Crippen molar-refractivity contribution in [2.75, 3.05) is 32.8 Å². The number of benzene rings is 1. The molecule has 0 saturated carbocycles. The zero-order valence-corrected chi connectivity index (χ0v) is 17.7. The Labute approximate surface area is 172 Å². The molecule has 0 bridgehead atoms. The largest absolute Gasteiger partial charge is 0.387 e. The van der Waals surface area contributed by atoms with E-state index in [1.165, 1.54) is 5.56 Å². The Morgan fingerprint density at radius 2 is 2.04 bits per heavy atom. The summed E-state index contributed by atoms with van der Waals surface area (Å²) in [5.74, 6) is 0.492. The molecule has 1 aromatic rings. The number of halogens is 1. The molecule has 27 heavy (non-hydrogen) atoms. The van der Waals surface area contributed by atoms with Gasteiger partial charge in [-0.25, -0.2) is 0 Å². The van der Waals surface area contributed by atoms with Gasteiger partial charge < -0.3 is 20.9 Å². The maximum Gasteiger partial charge on any atom is 0.188 e. The molecule has 0 aromatic heterocycles. The number of rotatable bonds is 6. The number of nitrogens with zero attached hydrogens (tertiary/aromatic N) is 2. The lowest BCUT2D eigenvalue weighted by Gasteiger charge is -2.33. The second-order valence-corrected chi connectivity index (χ2v) is 7.58. The molecule has 0 radical (unpaired) electrons. The first-order valence-corrected chi connectivity index (χ1v) is 9.76. The highest BCUT2D eigenvalue weighted by molar-refractivity contribution is 8.93. The van der Waals surface area contributed by atoms with Gasteiger partial charge in [0.25, 0.3) is 0 Å². The number of nitrogens with one attached hydrogen (secondary N) is 1. The van der Waals surface area contributed by atoms with Crippen LogP contribution in [-0.4, -0.2) is 60.5 Å². The molecule has 2 aliphatic heterocycles. The van der Waals surface area contributed by atoms with Gasteiger partial charge >= 0.3 is 0 Å². The summed E-state index contributed by atoms with van der Waals surface area (Å²) >= 11 is 0. The molecule has 7 heteroatoms. The van der Waals surface area contributed by atoms with Crippen molar-refractivity contribution in [2.24, 2.45) is 10.7 Å². The predicted molar refractivity (Wildman–Crippen MR) is 114 cm³/mol. The van der Waals surface area contributed by atoms with Crippen LogP contribution in [0.2, 0.25) is 0 Å². The Bertz CT molecular complexity index is 571. The second-order valence-electron chi connectivity index (χ2n) is 7.58. The highest BCUT2D eigenvalue weighted by Crippen LogP contribution is 2.22. The van der Waals surface area contributed by atoms with Gasteiger partial charge in [-0.1, -0.05) is 30.3 Å². The summed E-state index contributed by atoms with van der Waals surface area (Å²) in [7, 11) is 0. The van der Waals surface area contributed by atoms with E-state index in [0.29, 0.717) is 31.6 Å². The van der Waals surface area contributed by atoms with E-state index in [1.807, 2.05) is 0 Å². The third-order valence-electron chi connectivity index (χ3n) is 5.35. The number of likely N-dealkylation sites (tertiary alicyclic amines) is 1. The molecule has 0 amide bonds. The van der Waals surface area contributed by atoms with E-state index in [2.05, 4.69) is 45.5 Å². The van der Waals surface area contributed by atoms with Crippen LogP contribution in [0.5, 0.6) is 0 Å². The van der Waals surface area contributed by atoms with E-state index in [0.717, 1.165) is 51.9 Å². The molecule has 0 aliphatic carbocycles. The monoisotopic (exact) mass is 440 g/mol. The normalized spacial score (nSPS) is 25.0. The summed E-state index contributed by atoms with van der Waals surface area (Å²) in [6.45, 7) is 4.84. The Morgan fingerprint density at radius 1 is 1.30 bits per heavy atom. The van der Waals surface area contributed by atoms with Crippen LogP contribution in [0.4, 0.5) is 0 Å². The van der Waals surface area contributed by atoms with Crippen molar-refractivity contribution in [3.05, 3.63) is 35.9 Å². The van der Waals surface area contributed by atoms with Gasteiger partial charge in [-0.2, -0.15) is 0 Å². The molecule has 4 N–H and O–H groups in total. The molecule has 2 heterocycles. The Kier molecular flexibility index (Phi) is 9.02. The molecular formula is C20H33BrN4O2. The Morgan fingerprint density at radius 3 is 2.70 bits per heavy atom. The van der Waals surface area contributed by atoms with Crippen molar-refractivity contribution in [2.45, 2.75) is 50.3 Å². The zero-order chi connectivity index (χ0) is 18.2. The quantitative estimate of drug-likeness (QED) is 0.465. The summed E-state index contributed by atoms with van der Waals surface area (Å²) < 4.78 is 5.37. The van der Waals surface area contributed by atoms with E-state index in [1.54, 1.807) is 0 Å². The van der Waals surface area contributed by atoms with E-state index in [-0.39, 0.29) is 17.0 Å². The van der Waals surface area contributed by atoms with E-state index < -0.39 is 5.60 Å². The number of hydrogen-bond donors (Lipinski definition) is 3. The van der Waals surface area contributed by atoms with Gasteiger partial charge in [0.2, 0.25) is 0 Å². The molecule has 2 saturated heterocycles. The van der Waals surface area contributed by atoms with Gasteiger partial charge in [0.1, 0.15) is 0 Å². The van der Waals surface area contributed by atoms with Gasteiger partial charge in [0.15, 0.2) is 5.96 Å². The van der Waals surface area contributed by atoms with Crippen molar-refractivity contribution in [1.29, 1.82) is 0 Å². The van der Waals surface area contributed by atoms with Crippen LogP contribution in [0, 0.1) is 0 Å². The summed E-state index contributed by atoms with van der Waals surface area (Å²) in [6.07, 6.45) is 4.44. The van der Waals surface area contributed by atoms with Crippen LogP contribution in [0.3, 0.4) is 0 Å². The maximum absolute atomic E-state index is 10.4. The lowest BCUT2D eigenvalue weighted by Crippen LogP contribution is -2.47. The van der Waals surface area contributed by atoms with E-state index >= 15 is 0 Å². The number of guanidine groups is 1. The topological polar surface area (TPSA) is 83.1 Å². The summed E-state index contributed by atoms with van der Waals surface area (Å²) in [5.41, 5.74) is 6.67. The van der Waals surface area contributed by atoms with Crippen molar-refractivity contribution in [3.8, 4) is 0 Å². The van der Waals surface area contributed by atoms with Gasteiger partial charge in [-0.05, 0) is 37.7 Å². The molecule has 2 aliphatic rings. The van der Waals surface area contributed by atoms with Crippen LogP contribution < -0.4 is 11.1 Å².